The van der Waals surface area contributed by atoms with Crippen LogP contribution in [0, 0.1) is 5.92 Å². The smallest absolute Gasteiger partial charge is 0.118 e. The molecule has 1 aromatic rings. The van der Waals surface area contributed by atoms with Gasteiger partial charge in [0.05, 0.1) is 7.11 Å². The molecule has 2 atom stereocenters. The number of hydrogen-bond acceptors (Lipinski definition) is 3. The maximum absolute atomic E-state index is 9.49. The van der Waals surface area contributed by atoms with E-state index in [0.717, 1.165) is 5.75 Å². The molecular formula is C18H27NO2. The second-order valence-electron chi connectivity index (χ2n) is 6.64. The molecular weight excluding hydrogens is 262 g/mol. The summed E-state index contributed by atoms with van der Waals surface area (Å²) in [7, 11) is 1.71. The van der Waals surface area contributed by atoms with Crippen molar-refractivity contribution in [3.63, 3.8) is 0 Å². The van der Waals surface area contributed by atoms with Crippen LogP contribution in [0.1, 0.15) is 50.0 Å². The number of methoxy groups -OCH3 is 1. The van der Waals surface area contributed by atoms with Gasteiger partial charge in [0.25, 0.3) is 0 Å². The van der Waals surface area contributed by atoms with Gasteiger partial charge in [0.1, 0.15) is 5.75 Å². The molecule has 2 unspecified atom stereocenters. The first-order valence-corrected chi connectivity index (χ1v) is 8.31. The lowest BCUT2D eigenvalue weighted by molar-refractivity contribution is 0.130. The maximum atomic E-state index is 9.49. The normalized spacial score (nSPS) is 32.5. The first kappa shape index (κ1) is 14.9. The van der Waals surface area contributed by atoms with E-state index in [-0.39, 0.29) is 0 Å². The van der Waals surface area contributed by atoms with Gasteiger partial charge in [-0.3, -0.25) is 0 Å². The van der Waals surface area contributed by atoms with Crippen LogP contribution in [-0.4, -0.2) is 30.9 Å². The fourth-order valence-corrected chi connectivity index (χ4v) is 3.85. The Balaban J connectivity index is 1.48. The van der Waals surface area contributed by atoms with Gasteiger partial charge in [-0.1, -0.05) is 25.0 Å². The predicted octanol–water partition coefficient (Wildman–Crippen LogP) is 3.08. The van der Waals surface area contributed by atoms with Crippen molar-refractivity contribution in [1.29, 1.82) is 0 Å². The Hall–Kier alpha value is -1.06. The van der Waals surface area contributed by atoms with E-state index >= 15 is 0 Å². The van der Waals surface area contributed by atoms with Gasteiger partial charge >= 0.3 is 0 Å². The average molecular weight is 289 g/mol. The standard InChI is InChI=1S/C18H27NO2/c1-21-17-8-6-13(7-9-17)15-10-16(11-15)19-18-5-3-2-4-14(18)12-20/h6-9,14-16,18-20H,2-5,10-12H2,1H3. The Labute approximate surface area is 127 Å². The van der Waals surface area contributed by atoms with E-state index < -0.39 is 0 Å². The van der Waals surface area contributed by atoms with E-state index in [4.69, 9.17) is 4.74 Å². The molecule has 3 heteroatoms. The summed E-state index contributed by atoms with van der Waals surface area (Å²) in [5.74, 6) is 2.09. The van der Waals surface area contributed by atoms with Crippen molar-refractivity contribution < 1.29 is 9.84 Å². The Morgan fingerprint density at radius 3 is 2.52 bits per heavy atom. The van der Waals surface area contributed by atoms with Crippen molar-refractivity contribution in [1.82, 2.24) is 5.32 Å². The van der Waals surface area contributed by atoms with E-state index in [1.54, 1.807) is 7.11 Å². The lowest BCUT2D eigenvalue weighted by atomic mass is 9.74. The molecule has 0 radical (unpaired) electrons. The summed E-state index contributed by atoms with van der Waals surface area (Å²) >= 11 is 0. The van der Waals surface area contributed by atoms with E-state index in [9.17, 15) is 5.11 Å². The van der Waals surface area contributed by atoms with E-state index in [1.165, 1.54) is 44.1 Å². The van der Waals surface area contributed by atoms with Crippen LogP contribution in [0.5, 0.6) is 5.75 Å². The third-order valence-electron chi connectivity index (χ3n) is 5.32. The van der Waals surface area contributed by atoms with Crippen LogP contribution in [0.15, 0.2) is 24.3 Å². The number of nitrogens with one attached hydrogen (secondary N) is 1. The molecule has 0 bridgehead atoms. The zero-order chi connectivity index (χ0) is 14.7. The third-order valence-corrected chi connectivity index (χ3v) is 5.32. The molecule has 0 aromatic heterocycles. The lowest BCUT2D eigenvalue weighted by Crippen LogP contribution is -2.50. The van der Waals surface area contributed by atoms with Crippen LogP contribution in [0.25, 0.3) is 0 Å². The molecule has 0 spiro atoms. The number of hydrogen-bond donors (Lipinski definition) is 2. The molecule has 116 valence electrons. The molecule has 0 saturated heterocycles. The van der Waals surface area contributed by atoms with Gasteiger partial charge in [0, 0.05) is 18.7 Å². The molecule has 2 saturated carbocycles. The summed E-state index contributed by atoms with van der Waals surface area (Å²) in [6, 6.07) is 9.66. The van der Waals surface area contributed by atoms with Gasteiger partial charge < -0.3 is 15.2 Å². The highest BCUT2D eigenvalue weighted by Gasteiger charge is 2.34. The summed E-state index contributed by atoms with van der Waals surface area (Å²) in [6.07, 6.45) is 7.45. The highest BCUT2D eigenvalue weighted by atomic mass is 16.5. The predicted molar refractivity (Wildman–Crippen MR) is 84.7 cm³/mol. The van der Waals surface area contributed by atoms with Gasteiger partial charge in [-0.15, -0.1) is 0 Å². The molecule has 2 aliphatic carbocycles. The molecule has 21 heavy (non-hydrogen) atoms. The topological polar surface area (TPSA) is 41.5 Å². The minimum absolute atomic E-state index is 0.340. The summed E-state index contributed by atoms with van der Waals surface area (Å²) in [5, 5.41) is 13.3. The van der Waals surface area contributed by atoms with Crippen molar-refractivity contribution >= 4 is 0 Å². The van der Waals surface area contributed by atoms with Crippen molar-refractivity contribution in [2.45, 2.75) is 56.5 Å². The third kappa shape index (κ3) is 3.41. The van der Waals surface area contributed by atoms with Gasteiger partial charge in [-0.05, 0) is 55.2 Å². The average Bonchev–Trinajstić information content (AvgIpc) is 2.51. The number of rotatable bonds is 5. The van der Waals surface area contributed by atoms with E-state index in [1.807, 2.05) is 0 Å². The highest BCUT2D eigenvalue weighted by Crippen LogP contribution is 2.38. The zero-order valence-electron chi connectivity index (χ0n) is 12.9. The van der Waals surface area contributed by atoms with Crippen LogP contribution < -0.4 is 10.1 Å². The molecule has 0 aliphatic heterocycles. The molecule has 3 nitrogen and oxygen atoms in total. The second-order valence-corrected chi connectivity index (χ2v) is 6.64. The minimum Gasteiger partial charge on any atom is -0.497 e. The Bertz CT molecular complexity index is 439. The quantitative estimate of drug-likeness (QED) is 0.875. The van der Waals surface area contributed by atoms with Gasteiger partial charge in [-0.25, -0.2) is 0 Å². The lowest BCUT2D eigenvalue weighted by Gasteiger charge is -2.42. The summed E-state index contributed by atoms with van der Waals surface area (Å²) < 4.78 is 5.21. The Kier molecular flexibility index (Phi) is 4.81. The van der Waals surface area contributed by atoms with Gasteiger partial charge in [0.15, 0.2) is 0 Å². The van der Waals surface area contributed by atoms with Crippen molar-refractivity contribution in [2.24, 2.45) is 5.92 Å². The van der Waals surface area contributed by atoms with Crippen LogP contribution in [0.2, 0.25) is 0 Å². The molecule has 0 amide bonds. The largest absolute Gasteiger partial charge is 0.497 e. The Morgan fingerprint density at radius 1 is 1.14 bits per heavy atom. The summed E-state index contributed by atoms with van der Waals surface area (Å²) in [4.78, 5) is 0. The van der Waals surface area contributed by atoms with E-state index in [0.29, 0.717) is 30.5 Å². The molecule has 0 heterocycles. The Morgan fingerprint density at radius 2 is 1.86 bits per heavy atom. The molecule has 2 fully saturated rings. The monoisotopic (exact) mass is 289 g/mol. The second kappa shape index (κ2) is 6.80. The fourth-order valence-electron chi connectivity index (χ4n) is 3.85. The molecule has 2 N–H and O–H groups in total. The molecule has 2 aliphatic rings. The molecule has 1 aromatic carbocycles. The van der Waals surface area contributed by atoms with Crippen molar-refractivity contribution in [3.05, 3.63) is 29.8 Å². The summed E-state index contributed by atoms with van der Waals surface area (Å²) in [6.45, 7) is 0.340. The maximum Gasteiger partial charge on any atom is 0.118 e. The van der Waals surface area contributed by atoms with Crippen LogP contribution in [0.3, 0.4) is 0 Å². The number of aliphatic hydroxyl groups is 1. The van der Waals surface area contributed by atoms with Crippen LogP contribution >= 0.6 is 0 Å². The number of ether oxygens (including phenoxy) is 1. The van der Waals surface area contributed by atoms with E-state index in [2.05, 4.69) is 29.6 Å². The minimum atomic E-state index is 0.340. The van der Waals surface area contributed by atoms with Gasteiger partial charge in [-0.2, -0.15) is 0 Å². The van der Waals surface area contributed by atoms with Crippen LogP contribution in [0.4, 0.5) is 0 Å². The van der Waals surface area contributed by atoms with Gasteiger partial charge in [0.2, 0.25) is 0 Å². The number of aliphatic hydroxyl groups excluding tert-OH is 1. The highest BCUT2D eigenvalue weighted by molar-refractivity contribution is 5.31. The van der Waals surface area contributed by atoms with Crippen LogP contribution in [-0.2, 0) is 0 Å². The molecule has 3 rings (SSSR count). The first-order chi connectivity index (χ1) is 10.3. The zero-order valence-corrected chi connectivity index (χ0v) is 12.9. The number of benzene rings is 1. The summed E-state index contributed by atoms with van der Waals surface area (Å²) in [5.41, 5.74) is 1.43. The van der Waals surface area contributed by atoms with Crippen molar-refractivity contribution in [2.75, 3.05) is 13.7 Å². The van der Waals surface area contributed by atoms with Crippen molar-refractivity contribution in [3.8, 4) is 5.75 Å². The first-order valence-electron chi connectivity index (χ1n) is 8.31. The SMILES string of the molecule is COc1ccc(C2CC(NC3CCCCC3CO)C2)cc1. The fraction of sp³-hybridized carbons (Fsp3) is 0.667.